The molecule has 0 saturated heterocycles. The Hall–Kier alpha value is -1.53. The van der Waals surface area contributed by atoms with Gasteiger partial charge in [-0.2, -0.15) is 5.10 Å². The predicted octanol–water partition coefficient (Wildman–Crippen LogP) is 2.49. The third-order valence-electron chi connectivity index (χ3n) is 2.80. The van der Waals surface area contributed by atoms with Gasteiger partial charge in [-0.25, -0.2) is 0 Å². The van der Waals surface area contributed by atoms with Crippen molar-refractivity contribution in [1.82, 2.24) is 15.1 Å². The van der Waals surface area contributed by atoms with Gasteiger partial charge in [0.25, 0.3) is 0 Å². The van der Waals surface area contributed by atoms with Crippen molar-refractivity contribution in [3.05, 3.63) is 40.1 Å². The van der Waals surface area contributed by atoms with Gasteiger partial charge in [-0.15, -0.1) is 0 Å². The molecule has 108 valence electrons. The van der Waals surface area contributed by atoms with Gasteiger partial charge in [0.2, 0.25) is 0 Å². The Morgan fingerprint density at radius 3 is 2.80 bits per heavy atom. The molecule has 0 atom stereocenters. The predicted molar refractivity (Wildman–Crippen MR) is 81.0 cm³/mol. The van der Waals surface area contributed by atoms with Gasteiger partial charge in [0.05, 0.1) is 17.3 Å². The van der Waals surface area contributed by atoms with Crippen LogP contribution >= 0.6 is 15.9 Å². The number of nitrogens with one attached hydrogen (secondary N) is 1. The van der Waals surface area contributed by atoms with Crippen LogP contribution in [-0.2, 0) is 20.2 Å². The molecular formula is C14H18BrN3O2. The van der Waals surface area contributed by atoms with Gasteiger partial charge in [0, 0.05) is 19.8 Å². The summed E-state index contributed by atoms with van der Waals surface area (Å²) < 4.78 is 13.8. The van der Waals surface area contributed by atoms with Crippen LogP contribution in [0.1, 0.15) is 11.3 Å². The zero-order valence-corrected chi connectivity index (χ0v) is 13.4. The van der Waals surface area contributed by atoms with E-state index in [-0.39, 0.29) is 0 Å². The van der Waals surface area contributed by atoms with Crippen LogP contribution in [0.5, 0.6) is 11.5 Å². The van der Waals surface area contributed by atoms with E-state index < -0.39 is 0 Å². The van der Waals surface area contributed by atoms with Crippen molar-refractivity contribution < 1.29 is 9.47 Å². The van der Waals surface area contributed by atoms with E-state index in [0.717, 1.165) is 22.3 Å². The lowest BCUT2D eigenvalue weighted by molar-refractivity contribution is 0.277. The fraction of sp³-hybridized carbons (Fsp3) is 0.357. The summed E-state index contributed by atoms with van der Waals surface area (Å²) in [4.78, 5) is 0. The number of hydrogen-bond donors (Lipinski definition) is 1. The Balaban J connectivity index is 2.17. The van der Waals surface area contributed by atoms with Crippen LogP contribution in [0.15, 0.2) is 28.9 Å². The molecule has 0 unspecified atom stereocenters. The second-order valence-corrected chi connectivity index (χ2v) is 5.26. The molecule has 5 nitrogen and oxygen atoms in total. The first kappa shape index (κ1) is 14.9. The van der Waals surface area contributed by atoms with Gasteiger partial charge in [0.15, 0.2) is 11.5 Å². The Bertz CT molecular complexity index is 584. The van der Waals surface area contributed by atoms with Crippen molar-refractivity contribution in [2.75, 3.05) is 14.2 Å². The minimum atomic E-state index is 0.404. The molecule has 6 heteroatoms. The van der Waals surface area contributed by atoms with E-state index in [2.05, 4.69) is 26.3 Å². The molecule has 0 saturated carbocycles. The number of aromatic nitrogens is 2. The molecule has 0 aliphatic heterocycles. The van der Waals surface area contributed by atoms with E-state index in [1.54, 1.807) is 11.8 Å². The first-order valence-electron chi connectivity index (χ1n) is 6.26. The molecule has 2 rings (SSSR count). The quantitative estimate of drug-likeness (QED) is 0.878. The molecule has 1 N–H and O–H groups in total. The third kappa shape index (κ3) is 3.52. The van der Waals surface area contributed by atoms with E-state index in [4.69, 9.17) is 9.47 Å². The summed E-state index contributed by atoms with van der Waals surface area (Å²) >= 11 is 3.53. The average molecular weight is 340 g/mol. The Kier molecular flexibility index (Phi) is 5.03. The summed E-state index contributed by atoms with van der Waals surface area (Å²) in [6.45, 7) is 1.18. The lowest BCUT2D eigenvalue weighted by atomic mass is 10.2. The highest BCUT2D eigenvalue weighted by Gasteiger charge is 2.12. The summed E-state index contributed by atoms with van der Waals surface area (Å²) in [6, 6.07) is 5.91. The summed E-state index contributed by atoms with van der Waals surface area (Å²) in [5, 5.41) is 7.40. The molecule has 0 amide bonds. The van der Waals surface area contributed by atoms with Crippen LogP contribution in [0.2, 0.25) is 0 Å². The molecule has 0 aliphatic rings. The van der Waals surface area contributed by atoms with Crippen molar-refractivity contribution in [2.45, 2.75) is 13.2 Å². The lowest BCUT2D eigenvalue weighted by Crippen LogP contribution is -2.06. The zero-order chi connectivity index (χ0) is 14.5. The molecule has 1 heterocycles. The average Bonchev–Trinajstić information content (AvgIpc) is 2.83. The maximum absolute atomic E-state index is 5.82. The Morgan fingerprint density at radius 1 is 1.40 bits per heavy atom. The van der Waals surface area contributed by atoms with Gasteiger partial charge in [0.1, 0.15) is 6.61 Å². The molecule has 1 aromatic heterocycles. The summed E-state index contributed by atoms with van der Waals surface area (Å²) in [7, 11) is 5.43. The highest BCUT2D eigenvalue weighted by Crippen LogP contribution is 2.37. The second-order valence-electron chi connectivity index (χ2n) is 4.41. The standard InChI is InChI=1S/C14H18BrN3O2/c1-16-8-10-6-12(15)14(13(7-10)19-3)20-9-11-4-5-18(2)17-11/h4-7,16H,8-9H2,1-3H3. The fourth-order valence-corrected chi connectivity index (χ4v) is 2.51. The van der Waals surface area contributed by atoms with Gasteiger partial charge in [-0.05, 0) is 46.7 Å². The molecule has 1 aromatic carbocycles. The van der Waals surface area contributed by atoms with Crippen molar-refractivity contribution in [2.24, 2.45) is 7.05 Å². The number of rotatable bonds is 6. The first-order chi connectivity index (χ1) is 9.63. The van der Waals surface area contributed by atoms with Gasteiger partial charge < -0.3 is 14.8 Å². The number of halogens is 1. The van der Waals surface area contributed by atoms with E-state index in [9.17, 15) is 0 Å². The topological polar surface area (TPSA) is 48.3 Å². The van der Waals surface area contributed by atoms with Crippen molar-refractivity contribution in [3.8, 4) is 11.5 Å². The minimum absolute atomic E-state index is 0.404. The van der Waals surface area contributed by atoms with Crippen LogP contribution in [0.4, 0.5) is 0 Å². The van der Waals surface area contributed by atoms with Gasteiger partial charge >= 0.3 is 0 Å². The summed E-state index contributed by atoms with van der Waals surface area (Å²) in [5.74, 6) is 1.40. The van der Waals surface area contributed by atoms with Crippen molar-refractivity contribution >= 4 is 15.9 Å². The molecule has 20 heavy (non-hydrogen) atoms. The van der Waals surface area contributed by atoms with Gasteiger partial charge in [-0.1, -0.05) is 0 Å². The van der Waals surface area contributed by atoms with Crippen LogP contribution in [0, 0.1) is 0 Å². The highest BCUT2D eigenvalue weighted by atomic mass is 79.9. The van der Waals surface area contributed by atoms with E-state index in [0.29, 0.717) is 18.1 Å². The molecule has 0 aliphatic carbocycles. The van der Waals surface area contributed by atoms with Crippen LogP contribution in [-0.4, -0.2) is 23.9 Å². The normalized spacial score (nSPS) is 10.6. The third-order valence-corrected chi connectivity index (χ3v) is 3.39. The maximum atomic E-state index is 5.82. The van der Waals surface area contributed by atoms with E-state index >= 15 is 0 Å². The molecule has 0 spiro atoms. The zero-order valence-electron chi connectivity index (χ0n) is 11.8. The summed E-state index contributed by atoms with van der Waals surface area (Å²) in [5.41, 5.74) is 2.00. The van der Waals surface area contributed by atoms with Crippen LogP contribution in [0.3, 0.4) is 0 Å². The number of methoxy groups -OCH3 is 1. The number of ether oxygens (including phenoxy) is 2. The number of nitrogens with zero attached hydrogens (tertiary/aromatic N) is 2. The van der Waals surface area contributed by atoms with Crippen molar-refractivity contribution in [1.29, 1.82) is 0 Å². The summed E-state index contributed by atoms with van der Waals surface area (Å²) in [6.07, 6.45) is 1.89. The molecule has 0 bridgehead atoms. The number of aryl methyl sites for hydroxylation is 1. The fourth-order valence-electron chi connectivity index (χ4n) is 1.91. The van der Waals surface area contributed by atoms with Gasteiger partial charge in [-0.3, -0.25) is 4.68 Å². The molecule has 2 aromatic rings. The monoisotopic (exact) mass is 339 g/mol. The Labute approximate surface area is 127 Å². The Morgan fingerprint density at radius 2 is 2.20 bits per heavy atom. The number of hydrogen-bond acceptors (Lipinski definition) is 4. The van der Waals surface area contributed by atoms with Crippen LogP contribution in [0.25, 0.3) is 0 Å². The maximum Gasteiger partial charge on any atom is 0.175 e. The van der Waals surface area contributed by atoms with Crippen LogP contribution < -0.4 is 14.8 Å². The highest BCUT2D eigenvalue weighted by molar-refractivity contribution is 9.10. The first-order valence-corrected chi connectivity index (χ1v) is 7.05. The van der Waals surface area contributed by atoms with Crippen molar-refractivity contribution in [3.63, 3.8) is 0 Å². The van der Waals surface area contributed by atoms with E-state index in [1.807, 2.05) is 38.5 Å². The minimum Gasteiger partial charge on any atom is -0.493 e. The SMILES string of the molecule is CNCc1cc(Br)c(OCc2ccn(C)n2)c(OC)c1. The number of benzene rings is 1. The molecular weight excluding hydrogens is 322 g/mol. The molecule has 0 fully saturated rings. The smallest absolute Gasteiger partial charge is 0.175 e. The molecule has 0 radical (unpaired) electrons. The lowest BCUT2D eigenvalue weighted by Gasteiger charge is -2.13. The van der Waals surface area contributed by atoms with E-state index in [1.165, 1.54) is 0 Å². The largest absolute Gasteiger partial charge is 0.493 e. The second kappa shape index (κ2) is 6.76.